The second kappa shape index (κ2) is 6.38. The van der Waals surface area contributed by atoms with E-state index in [1.54, 1.807) is 24.3 Å². The molecule has 4 rings (SSSR count). The first-order chi connectivity index (χ1) is 13.3. The molecule has 1 aliphatic carbocycles. The van der Waals surface area contributed by atoms with Gasteiger partial charge < -0.3 is 15.7 Å². The van der Waals surface area contributed by atoms with Crippen LogP contribution >= 0.6 is 0 Å². The number of anilines is 2. The van der Waals surface area contributed by atoms with Crippen LogP contribution in [0.15, 0.2) is 47.7 Å². The van der Waals surface area contributed by atoms with Crippen molar-refractivity contribution in [1.29, 1.82) is 5.26 Å². The number of halogens is 1. The number of phenols is 1. The summed E-state index contributed by atoms with van der Waals surface area (Å²) in [5.74, 6) is -0.564. The highest BCUT2D eigenvalue weighted by Crippen LogP contribution is 2.47. The van der Waals surface area contributed by atoms with E-state index in [9.17, 15) is 14.3 Å². The van der Waals surface area contributed by atoms with Crippen LogP contribution < -0.4 is 10.6 Å². The predicted molar refractivity (Wildman–Crippen MR) is 104 cm³/mol. The Morgan fingerprint density at radius 3 is 2.75 bits per heavy atom. The first-order valence-electron chi connectivity index (χ1n) is 9.10. The molecule has 2 aromatic rings. The molecule has 1 atom stereocenters. The molecule has 0 amide bonds. The number of hydrogen-bond donors (Lipinski definition) is 3. The maximum atomic E-state index is 14.9. The molecule has 0 aromatic heterocycles. The number of rotatable bonds is 1. The summed E-state index contributed by atoms with van der Waals surface area (Å²) in [6, 6.07) is 10.5. The van der Waals surface area contributed by atoms with E-state index in [0.717, 1.165) is 0 Å². The van der Waals surface area contributed by atoms with Crippen LogP contribution in [0.5, 0.6) is 5.75 Å². The number of aromatic hydroxyl groups is 1. The lowest BCUT2D eigenvalue weighted by atomic mass is 9.73. The maximum Gasteiger partial charge on any atom is 0.163 e. The van der Waals surface area contributed by atoms with Crippen LogP contribution in [-0.4, -0.2) is 10.9 Å². The van der Waals surface area contributed by atoms with E-state index < -0.39 is 11.9 Å². The van der Waals surface area contributed by atoms with Crippen molar-refractivity contribution in [3.63, 3.8) is 0 Å². The smallest absolute Gasteiger partial charge is 0.163 e. The number of phenolic OH excluding ortho intramolecular Hbond substituents is 1. The van der Waals surface area contributed by atoms with Crippen LogP contribution in [0.2, 0.25) is 0 Å². The summed E-state index contributed by atoms with van der Waals surface area (Å²) in [4.78, 5) is 13.1. The number of hydrogen-bond acceptors (Lipinski definition) is 5. The Kier molecular flexibility index (Phi) is 4.11. The molecular formula is C22H20FN3O2. The summed E-state index contributed by atoms with van der Waals surface area (Å²) in [5, 5.41) is 25.8. The Morgan fingerprint density at radius 2 is 2.04 bits per heavy atom. The topological polar surface area (TPSA) is 85.2 Å². The number of allylic oxidation sites excluding steroid dienone is 1. The molecule has 2 aliphatic rings. The van der Waals surface area contributed by atoms with Crippen LogP contribution in [-0.2, 0) is 4.79 Å². The molecule has 142 valence electrons. The van der Waals surface area contributed by atoms with Crippen LogP contribution in [0, 0.1) is 22.6 Å². The fourth-order valence-electron chi connectivity index (χ4n) is 4.02. The summed E-state index contributed by atoms with van der Waals surface area (Å²) >= 11 is 0. The zero-order chi connectivity index (χ0) is 20.1. The molecule has 1 unspecified atom stereocenters. The molecule has 6 heteroatoms. The average molecular weight is 377 g/mol. The van der Waals surface area contributed by atoms with E-state index in [1.165, 1.54) is 12.1 Å². The molecule has 0 saturated carbocycles. The van der Waals surface area contributed by atoms with E-state index in [4.69, 9.17) is 5.26 Å². The molecule has 0 saturated heterocycles. The van der Waals surface area contributed by atoms with Gasteiger partial charge in [-0.25, -0.2) is 4.39 Å². The Morgan fingerprint density at radius 1 is 1.25 bits per heavy atom. The number of nitrogens with zero attached hydrogens (tertiary/aromatic N) is 1. The van der Waals surface area contributed by atoms with Gasteiger partial charge in [0.1, 0.15) is 17.3 Å². The number of nitriles is 1. The summed E-state index contributed by atoms with van der Waals surface area (Å²) < 4.78 is 14.9. The standard InChI is InChI=1S/C22H20FN3O2/c1-22(2)9-16-19(18(28)10-22)20(13-7-6-12(11-24)8-14(13)23)25-15-4-3-5-17(27)21(15)26-16/h3-8,20,25-27H,9-10H2,1-2H3. The number of benzene rings is 2. The van der Waals surface area contributed by atoms with Crippen molar-refractivity contribution in [2.45, 2.75) is 32.7 Å². The fraction of sp³-hybridized carbons (Fsp3) is 0.273. The SMILES string of the molecule is CC1(C)CC(=O)C2=C(C1)Nc1c(O)cccc1NC2c1ccc(C#N)cc1F. The van der Waals surface area contributed by atoms with Crippen molar-refractivity contribution in [2.75, 3.05) is 10.6 Å². The molecule has 2 aromatic carbocycles. The Labute approximate surface area is 162 Å². The van der Waals surface area contributed by atoms with Crippen molar-refractivity contribution < 1.29 is 14.3 Å². The van der Waals surface area contributed by atoms with Gasteiger partial charge in [0.15, 0.2) is 5.78 Å². The number of nitrogens with one attached hydrogen (secondary N) is 2. The largest absolute Gasteiger partial charge is 0.506 e. The average Bonchev–Trinajstić information content (AvgIpc) is 2.78. The maximum absolute atomic E-state index is 14.9. The molecule has 0 fully saturated rings. The van der Waals surface area contributed by atoms with Crippen LogP contribution in [0.25, 0.3) is 0 Å². The normalized spacial score (nSPS) is 20.2. The quantitative estimate of drug-likeness (QED) is 0.631. The van der Waals surface area contributed by atoms with E-state index in [0.29, 0.717) is 35.5 Å². The highest BCUT2D eigenvalue weighted by atomic mass is 19.1. The van der Waals surface area contributed by atoms with E-state index in [-0.39, 0.29) is 28.1 Å². The Bertz CT molecular complexity index is 1070. The number of Topliss-reactive ketones (excluding diaryl/α,β-unsaturated/α-hetero) is 1. The number of ketones is 1. The summed E-state index contributed by atoms with van der Waals surface area (Å²) in [6.07, 6.45) is 0.948. The van der Waals surface area contributed by atoms with Crippen molar-refractivity contribution in [1.82, 2.24) is 0 Å². The van der Waals surface area contributed by atoms with E-state index in [2.05, 4.69) is 10.6 Å². The second-order valence-corrected chi connectivity index (χ2v) is 8.08. The molecule has 28 heavy (non-hydrogen) atoms. The van der Waals surface area contributed by atoms with E-state index >= 15 is 0 Å². The zero-order valence-corrected chi connectivity index (χ0v) is 15.6. The zero-order valence-electron chi connectivity index (χ0n) is 15.6. The molecule has 0 bridgehead atoms. The van der Waals surface area contributed by atoms with Gasteiger partial charge in [-0.1, -0.05) is 26.0 Å². The number of para-hydroxylation sites is 1. The third-order valence-electron chi connectivity index (χ3n) is 5.27. The van der Waals surface area contributed by atoms with Gasteiger partial charge in [-0.15, -0.1) is 0 Å². The minimum absolute atomic E-state index is 0.0497. The molecule has 5 nitrogen and oxygen atoms in total. The number of fused-ring (bicyclic) bond motifs is 1. The van der Waals surface area contributed by atoms with Gasteiger partial charge in [0.05, 0.1) is 23.4 Å². The summed E-state index contributed by atoms with van der Waals surface area (Å²) in [7, 11) is 0. The van der Waals surface area contributed by atoms with Crippen LogP contribution in [0.3, 0.4) is 0 Å². The van der Waals surface area contributed by atoms with Crippen molar-refractivity contribution in [3.8, 4) is 11.8 Å². The third kappa shape index (κ3) is 2.99. The fourth-order valence-corrected chi connectivity index (χ4v) is 4.02. The van der Waals surface area contributed by atoms with Crippen molar-refractivity contribution >= 4 is 17.2 Å². The summed E-state index contributed by atoms with van der Waals surface area (Å²) in [5.41, 5.74) is 2.46. The minimum atomic E-state index is -0.720. The lowest BCUT2D eigenvalue weighted by Crippen LogP contribution is -2.31. The molecular weight excluding hydrogens is 357 g/mol. The monoisotopic (exact) mass is 377 g/mol. The van der Waals surface area contributed by atoms with Gasteiger partial charge in [-0.3, -0.25) is 4.79 Å². The molecule has 0 spiro atoms. The highest BCUT2D eigenvalue weighted by molar-refractivity contribution is 6.01. The van der Waals surface area contributed by atoms with Crippen molar-refractivity contribution in [3.05, 3.63) is 64.6 Å². The first kappa shape index (κ1) is 18.1. The number of carbonyl (C=O) groups excluding carboxylic acids is 1. The molecule has 1 aliphatic heterocycles. The second-order valence-electron chi connectivity index (χ2n) is 8.08. The molecule has 3 N–H and O–H groups in total. The summed E-state index contributed by atoms with van der Waals surface area (Å²) in [6.45, 7) is 4.02. The van der Waals surface area contributed by atoms with Crippen LogP contribution in [0.1, 0.15) is 43.9 Å². The van der Waals surface area contributed by atoms with Gasteiger partial charge in [-0.05, 0) is 36.1 Å². The third-order valence-corrected chi connectivity index (χ3v) is 5.27. The predicted octanol–water partition coefficient (Wildman–Crippen LogP) is 4.62. The number of carbonyl (C=O) groups is 1. The first-order valence-corrected chi connectivity index (χ1v) is 9.10. The van der Waals surface area contributed by atoms with Gasteiger partial charge in [-0.2, -0.15) is 5.26 Å². The van der Waals surface area contributed by atoms with Crippen molar-refractivity contribution in [2.24, 2.45) is 5.41 Å². The van der Waals surface area contributed by atoms with Gasteiger partial charge in [0.25, 0.3) is 0 Å². The molecule has 1 heterocycles. The van der Waals surface area contributed by atoms with Gasteiger partial charge in [0, 0.05) is 23.3 Å². The molecule has 0 radical (unpaired) electrons. The van der Waals surface area contributed by atoms with Gasteiger partial charge in [0.2, 0.25) is 0 Å². The van der Waals surface area contributed by atoms with E-state index in [1.807, 2.05) is 19.9 Å². The lowest BCUT2D eigenvalue weighted by Gasteiger charge is -2.34. The minimum Gasteiger partial charge on any atom is -0.506 e. The Hall–Kier alpha value is -3.33. The Balaban J connectivity index is 1.93. The highest BCUT2D eigenvalue weighted by Gasteiger charge is 2.39. The van der Waals surface area contributed by atoms with Gasteiger partial charge >= 0.3 is 0 Å². The van der Waals surface area contributed by atoms with Crippen LogP contribution in [0.4, 0.5) is 15.8 Å². The lowest BCUT2D eigenvalue weighted by molar-refractivity contribution is -0.118.